The quantitative estimate of drug-likeness (QED) is 0.465. The van der Waals surface area contributed by atoms with Crippen molar-refractivity contribution >= 4 is 0 Å². The molecule has 0 aromatic carbocycles. The molecule has 1 heteroatoms. The molecule has 0 aromatic heterocycles. The normalized spacial score (nSPS) is 10.4. The summed E-state index contributed by atoms with van der Waals surface area (Å²) in [7, 11) is 0. The van der Waals surface area contributed by atoms with Crippen LogP contribution in [0.25, 0.3) is 0 Å². The third-order valence-corrected chi connectivity index (χ3v) is 12.8. The van der Waals surface area contributed by atoms with Crippen LogP contribution in [-0.2, 0) is 16.0 Å². The molecule has 0 atom stereocenters. The maximum Gasteiger partial charge on any atom is 0 e. The van der Waals surface area contributed by atoms with Gasteiger partial charge in [0, 0.05) is 1.43 Å². The number of hydrogen-bond acceptors (Lipinski definition) is 0. The van der Waals surface area contributed by atoms with Gasteiger partial charge >= 0.3 is 90.3 Å². The number of hydrogen-bond donors (Lipinski definition) is 0. The standard InChI is InChI=1S/3C4H9.Zn.H2/c3*1-3-4-2;;/h3*1,3-4H2,2H3;;1H. The molecule has 0 heterocycles. The van der Waals surface area contributed by atoms with Crippen LogP contribution < -0.4 is 0 Å². The first-order valence-corrected chi connectivity index (χ1v) is 12.9. The van der Waals surface area contributed by atoms with Gasteiger partial charge in [-0.2, -0.15) is 0 Å². The fourth-order valence-electron chi connectivity index (χ4n) is 2.34. The zero-order valence-corrected chi connectivity index (χ0v) is 13.0. The van der Waals surface area contributed by atoms with E-state index in [0.29, 0.717) is 0 Å². The smallest absolute Gasteiger partial charge is 0 e. The van der Waals surface area contributed by atoms with E-state index in [-0.39, 0.29) is 1.43 Å². The van der Waals surface area contributed by atoms with E-state index in [1.807, 2.05) is 0 Å². The maximum absolute atomic E-state index is 2.34. The van der Waals surface area contributed by atoms with Crippen molar-refractivity contribution in [2.45, 2.75) is 74.3 Å². The summed E-state index contributed by atoms with van der Waals surface area (Å²) in [6, 6.07) is 0. The van der Waals surface area contributed by atoms with Gasteiger partial charge < -0.3 is 0 Å². The average Bonchev–Trinajstić information content (AvgIpc) is 2.17. The molecule has 0 bridgehead atoms. The van der Waals surface area contributed by atoms with E-state index in [4.69, 9.17) is 0 Å². The predicted octanol–water partition coefficient (Wildman–Crippen LogP) is 5.51. The summed E-state index contributed by atoms with van der Waals surface area (Å²) in [5.41, 5.74) is 0. The molecule has 0 aromatic rings. The second-order valence-electron chi connectivity index (χ2n) is 4.68. The van der Waals surface area contributed by atoms with E-state index in [2.05, 4.69) is 20.8 Å². The van der Waals surface area contributed by atoms with Gasteiger partial charge in [-0.25, -0.2) is 0 Å². The summed E-state index contributed by atoms with van der Waals surface area (Å²) in [4.78, 5) is 0. The Balaban J connectivity index is 0. The second-order valence-corrected chi connectivity index (χ2v) is 13.6. The van der Waals surface area contributed by atoms with Crippen LogP contribution in [0.4, 0.5) is 0 Å². The zero-order valence-electron chi connectivity index (χ0n) is 10.1. The zero-order chi connectivity index (χ0) is 9.94. The van der Waals surface area contributed by atoms with Crippen LogP contribution >= 0.6 is 0 Å². The van der Waals surface area contributed by atoms with Crippen LogP contribution in [0.5, 0.6) is 0 Å². The Labute approximate surface area is 91.9 Å². The fourth-order valence-corrected chi connectivity index (χ4v) is 12.2. The van der Waals surface area contributed by atoms with Gasteiger partial charge in [0.2, 0.25) is 0 Å². The van der Waals surface area contributed by atoms with Crippen LogP contribution in [0, 0.1) is 0 Å². The van der Waals surface area contributed by atoms with Crippen molar-refractivity contribution in [1.29, 1.82) is 0 Å². The van der Waals surface area contributed by atoms with Gasteiger partial charge in [0.15, 0.2) is 0 Å². The number of unbranched alkanes of at least 4 members (excludes halogenated alkanes) is 3. The van der Waals surface area contributed by atoms with E-state index in [9.17, 15) is 0 Å². The van der Waals surface area contributed by atoms with Crippen molar-refractivity contribution in [1.82, 2.24) is 0 Å². The third kappa shape index (κ3) is 8.94. The van der Waals surface area contributed by atoms with Crippen molar-refractivity contribution in [2.24, 2.45) is 0 Å². The van der Waals surface area contributed by atoms with Gasteiger partial charge in [0.25, 0.3) is 0 Å². The molecule has 0 aliphatic heterocycles. The molecular weight excluding hydrogens is 210 g/mol. The molecule has 0 unspecified atom stereocenters. The topological polar surface area (TPSA) is 0 Å². The van der Waals surface area contributed by atoms with E-state index in [1.165, 1.54) is 38.5 Å². The van der Waals surface area contributed by atoms with Crippen LogP contribution in [0.3, 0.4) is 0 Å². The van der Waals surface area contributed by atoms with Crippen molar-refractivity contribution < 1.29 is 17.4 Å². The molecule has 13 heavy (non-hydrogen) atoms. The molecule has 0 saturated heterocycles. The van der Waals surface area contributed by atoms with Crippen molar-refractivity contribution in [3.8, 4) is 0 Å². The fraction of sp³-hybridized carbons (Fsp3) is 1.00. The molecule has 0 aliphatic rings. The van der Waals surface area contributed by atoms with Crippen LogP contribution in [0.15, 0.2) is 0 Å². The minimum absolute atomic E-state index is 0. The van der Waals surface area contributed by atoms with Gasteiger partial charge in [-0.3, -0.25) is 0 Å². The summed E-state index contributed by atoms with van der Waals surface area (Å²) < 4.78 is 0. The molecule has 0 spiro atoms. The molecule has 0 aliphatic carbocycles. The van der Waals surface area contributed by atoms with E-state index >= 15 is 0 Å². The molecule has 0 nitrogen and oxygen atoms in total. The van der Waals surface area contributed by atoms with Gasteiger partial charge in [-0.05, 0) is 0 Å². The molecule has 0 rings (SSSR count). The Bertz CT molecular complexity index is 77.3. The Kier molecular flexibility index (Phi) is 11.2. The van der Waals surface area contributed by atoms with E-state index < -0.39 is 16.0 Å². The first-order chi connectivity index (χ1) is 6.35. The summed E-state index contributed by atoms with van der Waals surface area (Å²) in [6.45, 7) is 7.01. The predicted molar refractivity (Wildman–Crippen MR) is 61.3 cm³/mol. The summed E-state index contributed by atoms with van der Waals surface area (Å²) in [6.07, 6.45) is 8.87. The first kappa shape index (κ1) is 13.6. The van der Waals surface area contributed by atoms with E-state index in [0.717, 1.165) is 0 Å². The molecule has 0 saturated carbocycles. The molecule has 0 fully saturated rings. The summed E-state index contributed by atoms with van der Waals surface area (Å²) in [5.74, 6) is 0. The second kappa shape index (κ2) is 10.7. The van der Waals surface area contributed by atoms with Crippen LogP contribution in [0.1, 0.15) is 60.7 Å². The summed E-state index contributed by atoms with van der Waals surface area (Å²) >= 11 is -0.951. The van der Waals surface area contributed by atoms with Crippen molar-refractivity contribution in [2.75, 3.05) is 0 Å². The minimum atomic E-state index is -0.951. The summed E-state index contributed by atoms with van der Waals surface area (Å²) in [5, 5.41) is 5.07. The Hall–Kier alpha value is 0.623. The Morgan fingerprint density at radius 3 is 1.23 bits per heavy atom. The van der Waals surface area contributed by atoms with Gasteiger partial charge in [-0.1, -0.05) is 0 Å². The maximum atomic E-state index is 2.34. The molecule has 0 N–H and O–H groups in total. The molecular formula is C12H29Zn. The molecule has 0 radical (unpaired) electrons. The van der Waals surface area contributed by atoms with Gasteiger partial charge in [0.1, 0.15) is 0 Å². The monoisotopic (exact) mass is 237 g/mol. The SMILES string of the molecule is CCC[CH2][Zn]([CH2]CCC)[CH2]CCC.[HH]. The average molecular weight is 239 g/mol. The van der Waals surface area contributed by atoms with E-state index in [1.54, 1.807) is 15.0 Å². The third-order valence-electron chi connectivity index (χ3n) is 3.31. The van der Waals surface area contributed by atoms with Crippen LogP contribution in [0.2, 0.25) is 15.0 Å². The minimum Gasteiger partial charge on any atom is 0 e. The van der Waals surface area contributed by atoms with Gasteiger partial charge in [-0.15, -0.1) is 0 Å². The molecule has 0 amide bonds. The van der Waals surface area contributed by atoms with Gasteiger partial charge in [0.05, 0.1) is 0 Å². The number of rotatable bonds is 9. The Morgan fingerprint density at radius 1 is 0.692 bits per heavy atom. The first-order valence-electron chi connectivity index (χ1n) is 6.62. The molecule has 79 valence electrons. The van der Waals surface area contributed by atoms with Crippen molar-refractivity contribution in [3.63, 3.8) is 0 Å². The van der Waals surface area contributed by atoms with Crippen molar-refractivity contribution in [3.05, 3.63) is 0 Å². The van der Waals surface area contributed by atoms with Crippen LogP contribution in [-0.4, -0.2) is 0 Å². The largest absolute Gasteiger partial charge is 0 e. The Morgan fingerprint density at radius 2 is 1.00 bits per heavy atom.